The molecule has 0 radical (unpaired) electrons. The lowest BCUT2D eigenvalue weighted by Crippen LogP contribution is -2.48. The molecule has 0 spiro atoms. The molecule has 1 aliphatic carbocycles. The van der Waals surface area contributed by atoms with Crippen molar-refractivity contribution in [3.8, 4) is 6.07 Å². The number of halogens is 2. The maximum atomic E-state index is 12.9. The van der Waals surface area contributed by atoms with Crippen LogP contribution in [0.2, 0.25) is 10.0 Å². The Balaban J connectivity index is 1.84. The van der Waals surface area contributed by atoms with Gasteiger partial charge in [0.15, 0.2) is 11.5 Å². The van der Waals surface area contributed by atoms with Crippen molar-refractivity contribution in [2.75, 3.05) is 0 Å². The number of nitrogens with two attached hydrogens (primary N) is 1. The van der Waals surface area contributed by atoms with E-state index in [0.29, 0.717) is 46.1 Å². The van der Waals surface area contributed by atoms with Gasteiger partial charge in [-0.1, -0.05) is 29.3 Å². The van der Waals surface area contributed by atoms with Crippen LogP contribution in [0.1, 0.15) is 41.3 Å². The minimum atomic E-state index is -0.690. The van der Waals surface area contributed by atoms with Crippen LogP contribution in [0.3, 0.4) is 0 Å². The zero-order valence-corrected chi connectivity index (χ0v) is 17.1. The summed E-state index contributed by atoms with van der Waals surface area (Å²) >= 11 is 12.2. The number of hydrogen-bond donors (Lipinski definition) is 2. The van der Waals surface area contributed by atoms with Gasteiger partial charge >= 0.3 is 5.91 Å². The van der Waals surface area contributed by atoms with E-state index in [1.807, 2.05) is 0 Å². The third-order valence-corrected chi connectivity index (χ3v) is 5.89. The molecule has 2 heterocycles. The summed E-state index contributed by atoms with van der Waals surface area (Å²) in [5.41, 5.74) is 10.7. The molecule has 9 heteroatoms. The summed E-state index contributed by atoms with van der Waals surface area (Å²) in [4.78, 5) is 25.5. The molecular weight excluding hydrogens is 427 g/mol. The van der Waals surface area contributed by atoms with E-state index in [9.17, 15) is 14.9 Å². The van der Waals surface area contributed by atoms with Gasteiger partial charge in [0.05, 0.1) is 33.9 Å². The van der Waals surface area contributed by atoms with Crippen molar-refractivity contribution in [2.45, 2.75) is 25.2 Å². The van der Waals surface area contributed by atoms with Crippen molar-refractivity contribution in [3.05, 3.63) is 80.6 Å². The Morgan fingerprint density at radius 2 is 2.07 bits per heavy atom. The Labute approximate surface area is 182 Å². The number of allylic oxidation sites excluding steroid dienone is 3. The first-order chi connectivity index (χ1) is 14.4. The van der Waals surface area contributed by atoms with Crippen molar-refractivity contribution in [1.29, 1.82) is 5.26 Å². The van der Waals surface area contributed by atoms with Gasteiger partial charge in [-0.25, -0.2) is 5.01 Å². The molecule has 0 bridgehead atoms. The fourth-order valence-corrected chi connectivity index (χ4v) is 4.11. The van der Waals surface area contributed by atoms with E-state index < -0.39 is 11.8 Å². The second-order valence-electron chi connectivity index (χ2n) is 6.91. The summed E-state index contributed by atoms with van der Waals surface area (Å²) in [5.74, 6) is -1.22. The topological polar surface area (TPSA) is 112 Å². The van der Waals surface area contributed by atoms with E-state index in [4.69, 9.17) is 33.4 Å². The molecule has 152 valence electrons. The second-order valence-corrected chi connectivity index (χ2v) is 7.72. The largest absolute Gasteiger partial charge is 0.459 e. The molecule has 0 saturated carbocycles. The molecule has 1 aliphatic heterocycles. The number of carbonyl (C=O) groups is 2. The minimum absolute atomic E-state index is 0.0435. The van der Waals surface area contributed by atoms with Crippen LogP contribution in [-0.4, -0.2) is 16.7 Å². The SMILES string of the molecule is N#CC1=C(N)N(NC(=O)c2ccco2)C2=C(C(=O)CCC2)C1c1ccc(Cl)c(Cl)c1. The highest BCUT2D eigenvalue weighted by Gasteiger charge is 2.40. The van der Waals surface area contributed by atoms with Crippen LogP contribution in [0.4, 0.5) is 0 Å². The number of ketones is 1. The summed E-state index contributed by atoms with van der Waals surface area (Å²) in [6.45, 7) is 0. The molecule has 1 atom stereocenters. The van der Waals surface area contributed by atoms with Crippen LogP contribution in [0, 0.1) is 11.3 Å². The molecule has 0 saturated heterocycles. The average Bonchev–Trinajstić information content (AvgIpc) is 3.27. The second kappa shape index (κ2) is 7.90. The average molecular weight is 443 g/mol. The van der Waals surface area contributed by atoms with E-state index >= 15 is 0 Å². The van der Waals surface area contributed by atoms with Crippen LogP contribution >= 0.6 is 23.2 Å². The predicted octanol–water partition coefficient (Wildman–Crippen LogP) is 4.03. The summed E-state index contributed by atoms with van der Waals surface area (Å²) in [5, 5.41) is 11.9. The van der Waals surface area contributed by atoms with E-state index in [0.717, 1.165) is 0 Å². The number of nitrogens with one attached hydrogen (secondary N) is 1. The Morgan fingerprint density at radius 1 is 1.27 bits per heavy atom. The molecule has 7 nitrogen and oxygen atoms in total. The molecule has 1 amide bonds. The summed E-state index contributed by atoms with van der Waals surface area (Å²) in [6, 6.07) is 10.1. The first-order valence-corrected chi connectivity index (χ1v) is 9.93. The van der Waals surface area contributed by atoms with E-state index in [2.05, 4.69) is 11.5 Å². The quantitative estimate of drug-likeness (QED) is 0.741. The number of nitrogens with zero attached hydrogens (tertiary/aromatic N) is 2. The first-order valence-electron chi connectivity index (χ1n) is 9.18. The fourth-order valence-electron chi connectivity index (χ4n) is 3.80. The standard InChI is InChI=1S/C21H16Cl2N4O3/c22-13-7-6-11(9-14(13)23)18-12(10-24)20(25)27(15-3-1-4-16(28)19(15)18)26-21(29)17-5-2-8-30-17/h2,5-9,18H,1,3-4,25H2,(H,26,29). The normalized spacial score (nSPS) is 18.9. The summed E-state index contributed by atoms with van der Waals surface area (Å²) < 4.78 is 5.13. The Morgan fingerprint density at radius 3 is 2.73 bits per heavy atom. The zero-order chi connectivity index (χ0) is 21.4. The van der Waals surface area contributed by atoms with Crippen LogP contribution in [0.5, 0.6) is 0 Å². The number of hydrogen-bond acceptors (Lipinski definition) is 6. The van der Waals surface area contributed by atoms with Crippen molar-refractivity contribution >= 4 is 34.9 Å². The lowest BCUT2D eigenvalue weighted by atomic mass is 9.76. The number of Topliss-reactive ketones (excluding diaryl/α,β-unsaturated/α-hetero) is 1. The van der Waals surface area contributed by atoms with Gasteiger partial charge in [0, 0.05) is 17.7 Å². The maximum Gasteiger partial charge on any atom is 0.305 e. The monoisotopic (exact) mass is 442 g/mol. The summed E-state index contributed by atoms with van der Waals surface area (Å²) in [6.07, 6.45) is 2.83. The van der Waals surface area contributed by atoms with Gasteiger partial charge in [-0.05, 0) is 42.7 Å². The number of nitriles is 1. The van der Waals surface area contributed by atoms with E-state index in [1.54, 1.807) is 24.3 Å². The molecule has 2 aliphatic rings. The molecule has 30 heavy (non-hydrogen) atoms. The number of amides is 1. The van der Waals surface area contributed by atoms with Gasteiger partial charge < -0.3 is 10.2 Å². The first kappa shape index (κ1) is 20.1. The van der Waals surface area contributed by atoms with Crippen LogP contribution < -0.4 is 11.2 Å². The smallest absolute Gasteiger partial charge is 0.305 e. The number of hydrazine groups is 1. The molecule has 0 fully saturated rings. The third kappa shape index (κ3) is 3.34. The van der Waals surface area contributed by atoms with Crippen LogP contribution in [-0.2, 0) is 4.79 Å². The zero-order valence-electron chi connectivity index (χ0n) is 15.6. The number of benzene rings is 1. The number of carbonyl (C=O) groups excluding carboxylic acids is 2. The molecule has 1 aromatic carbocycles. The Bertz CT molecular complexity index is 1150. The highest BCUT2D eigenvalue weighted by Crippen LogP contribution is 2.45. The van der Waals surface area contributed by atoms with Crippen molar-refractivity contribution in [1.82, 2.24) is 10.4 Å². The van der Waals surface area contributed by atoms with Gasteiger partial charge in [-0.2, -0.15) is 5.26 Å². The van der Waals surface area contributed by atoms with E-state index in [1.165, 1.54) is 17.3 Å². The highest BCUT2D eigenvalue weighted by molar-refractivity contribution is 6.42. The highest BCUT2D eigenvalue weighted by atomic mass is 35.5. The molecule has 1 unspecified atom stereocenters. The van der Waals surface area contributed by atoms with Gasteiger partial charge in [0.25, 0.3) is 0 Å². The Hall–Kier alpha value is -3.21. The van der Waals surface area contributed by atoms with Crippen molar-refractivity contribution < 1.29 is 14.0 Å². The third-order valence-electron chi connectivity index (χ3n) is 5.15. The molecule has 2 aromatic rings. The van der Waals surface area contributed by atoms with Crippen LogP contribution in [0.15, 0.2) is 63.7 Å². The Kier molecular flexibility index (Phi) is 5.29. The van der Waals surface area contributed by atoms with Gasteiger partial charge in [0.2, 0.25) is 0 Å². The fraction of sp³-hybridized carbons (Fsp3) is 0.190. The molecule has 3 N–H and O–H groups in total. The van der Waals surface area contributed by atoms with Crippen LogP contribution in [0.25, 0.3) is 0 Å². The van der Waals surface area contributed by atoms with Gasteiger partial charge in [-0.15, -0.1) is 0 Å². The van der Waals surface area contributed by atoms with Gasteiger partial charge in [0.1, 0.15) is 5.82 Å². The molecule has 4 rings (SSSR count). The van der Waals surface area contributed by atoms with Gasteiger partial charge in [-0.3, -0.25) is 15.0 Å². The lowest BCUT2D eigenvalue weighted by molar-refractivity contribution is -0.116. The maximum absolute atomic E-state index is 12.9. The number of rotatable bonds is 3. The van der Waals surface area contributed by atoms with E-state index in [-0.39, 0.29) is 22.9 Å². The molecule has 1 aromatic heterocycles. The molecular formula is C21H16Cl2N4O3. The number of furan rings is 1. The lowest BCUT2D eigenvalue weighted by Gasteiger charge is -2.39. The summed E-state index contributed by atoms with van der Waals surface area (Å²) in [7, 11) is 0. The van der Waals surface area contributed by atoms with Crippen molar-refractivity contribution in [2.24, 2.45) is 5.73 Å². The minimum Gasteiger partial charge on any atom is -0.459 e. The predicted molar refractivity (Wildman–Crippen MR) is 110 cm³/mol. The van der Waals surface area contributed by atoms with Crippen molar-refractivity contribution in [3.63, 3.8) is 0 Å².